The van der Waals surface area contributed by atoms with Gasteiger partial charge in [-0.2, -0.15) is 0 Å². The van der Waals surface area contributed by atoms with E-state index in [9.17, 15) is 9.59 Å². The van der Waals surface area contributed by atoms with Crippen molar-refractivity contribution in [2.24, 2.45) is 0 Å². The smallest absolute Gasteiger partial charge is 0.214 e. The van der Waals surface area contributed by atoms with Crippen LogP contribution < -0.4 is 15.1 Å². The molecule has 0 radical (unpaired) electrons. The van der Waals surface area contributed by atoms with Crippen LogP contribution in [-0.4, -0.2) is 19.6 Å². The Morgan fingerprint density at radius 2 is 1.89 bits per heavy atom. The Kier molecular flexibility index (Phi) is 4.40. The summed E-state index contributed by atoms with van der Waals surface area (Å²) in [5.74, 6) is 0.997. The zero-order valence-electron chi connectivity index (χ0n) is 15.0. The quantitative estimate of drug-likeness (QED) is 0.620. The first-order chi connectivity index (χ1) is 13.0. The van der Waals surface area contributed by atoms with E-state index in [1.54, 1.807) is 29.2 Å². The number of rotatable bonds is 3. The number of fused-ring (bicyclic) bond motifs is 3. The van der Waals surface area contributed by atoms with E-state index in [2.05, 4.69) is 0 Å². The molecule has 0 atom stereocenters. The van der Waals surface area contributed by atoms with Gasteiger partial charge in [0.2, 0.25) is 11.8 Å². The second kappa shape index (κ2) is 6.74. The highest BCUT2D eigenvalue weighted by atomic mass is 35.5. The van der Waals surface area contributed by atoms with Gasteiger partial charge in [0, 0.05) is 10.9 Å². The Balaban J connectivity index is 2.05. The Bertz CT molecular complexity index is 1090. The SMILES string of the molecule is CC(C)c1oc2c3c(ccc2c(=O)c1-c1ccc(Cl)cc1)N(C=O)CCO3. The number of halogens is 1. The number of hydrogen-bond acceptors (Lipinski definition) is 4. The van der Waals surface area contributed by atoms with Gasteiger partial charge in [0.05, 0.1) is 23.2 Å². The van der Waals surface area contributed by atoms with Gasteiger partial charge in [-0.1, -0.05) is 37.6 Å². The molecule has 5 nitrogen and oxygen atoms in total. The number of anilines is 1. The summed E-state index contributed by atoms with van der Waals surface area (Å²) in [6, 6.07) is 10.5. The average molecular weight is 384 g/mol. The van der Waals surface area contributed by atoms with Crippen LogP contribution in [0.4, 0.5) is 5.69 Å². The van der Waals surface area contributed by atoms with Crippen LogP contribution in [-0.2, 0) is 4.79 Å². The fourth-order valence-corrected chi connectivity index (χ4v) is 3.50. The molecule has 0 saturated heterocycles. The fraction of sp³-hybridized carbons (Fsp3) is 0.238. The molecule has 138 valence electrons. The number of ether oxygens (including phenoxy) is 1. The van der Waals surface area contributed by atoms with E-state index in [0.717, 1.165) is 12.0 Å². The molecule has 0 N–H and O–H groups in total. The van der Waals surface area contributed by atoms with E-state index in [1.165, 1.54) is 0 Å². The number of carbonyl (C=O) groups is 1. The Morgan fingerprint density at radius 1 is 1.15 bits per heavy atom. The highest BCUT2D eigenvalue weighted by Crippen LogP contribution is 2.40. The van der Waals surface area contributed by atoms with Crippen LogP contribution in [0.2, 0.25) is 5.02 Å². The average Bonchev–Trinajstić information content (AvgIpc) is 2.68. The van der Waals surface area contributed by atoms with Crippen molar-refractivity contribution in [3.05, 3.63) is 57.4 Å². The van der Waals surface area contributed by atoms with Gasteiger partial charge in [0.15, 0.2) is 11.3 Å². The standard InChI is InChI=1S/C21H18ClNO4/c1-12(2)19-17(13-3-5-14(22)6-4-13)18(25)15-7-8-16-21(20(15)27-19)26-10-9-23(16)11-24/h3-8,11-12H,9-10H2,1-2H3. The van der Waals surface area contributed by atoms with Gasteiger partial charge in [-0.05, 0) is 29.8 Å². The number of benzene rings is 2. The third-order valence-corrected chi connectivity index (χ3v) is 4.95. The molecule has 0 aliphatic carbocycles. The van der Waals surface area contributed by atoms with Crippen molar-refractivity contribution in [1.82, 2.24) is 0 Å². The van der Waals surface area contributed by atoms with E-state index >= 15 is 0 Å². The molecule has 1 aromatic heterocycles. The van der Waals surface area contributed by atoms with E-state index in [-0.39, 0.29) is 11.3 Å². The molecule has 6 heteroatoms. The van der Waals surface area contributed by atoms with E-state index in [1.807, 2.05) is 26.0 Å². The number of hydrogen-bond donors (Lipinski definition) is 0. The van der Waals surface area contributed by atoms with E-state index < -0.39 is 0 Å². The van der Waals surface area contributed by atoms with Gasteiger partial charge in [0.25, 0.3) is 0 Å². The van der Waals surface area contributed by atoms with Crippen LogP contribution in [0.25, 0.3) is 22.1 Å². The molecule has 0 unspecified atom stereocenters. The molecule has 0 spiro atoms. The maximum Gasteiger partial charge on any atom is 0.214 e. The summed E-state index contributed by atoms with van der Waals surface area (Å²) in [5, 5.41) is 1.03. The van der Waals surface area contributed by atoms with E-state index in [0.29, 0.717) is 51.9 Å². The molecule has 27 heavy (non-hydrogen) atoms. The monoisotopic (exact) mass is 383 g/mol. The first kappa shape index (κ1) is 17.6. The lowest BCUT2D eigenvalue weighted by Crippen LogP contribution is -2.31. The summed E-state index contributed by atoms with van der Waals surface area (Å²) in [6.45, 7) is 4.76. The molecule has 0 saturated carbocycles. The molecular formula is C21H18ClNO4. The van der Waals surface area contributed by atoms with Crippen molar-refractivity contribution in [3.8, 4) is 16.9 Å². The van der Waals surface area contributed by atoms with Gasteiger partial charge in [-0.25, -0.2) is 0 Å². The number of nitrogens with zero attached hydrogens (tertiary/aromatic N) is 1. The molecular weight excluding hydrogens is 366 g/mol. The predicted molar refractivity (Wildman–Crippen MR) is 106 cm³/mol. The van der Waals surface area contributed by atoms with Crippen LogP contribution in [0.15, 0.2) is 45.6 Å². The summed E-state index contributed by atoms with van der Waals surface area (Å²) in [4.78, 5) is 26.2. The first-order valence-corrected chi connectivity index (χ1v) is 9.13. The molecule has 1 aliphatic rings. The van der Waals surface area contributed by atoms with Crippen molar-refractivity contribution >= 4 is 34.7 Å². The molecule has 2 heterocycles. The molecule has 1 amide bonds. The summed E-state index contributed by atoms with van der Waals surface area (Å²) in [6.07, 6.45) is 0.761. The van der Waals surface area contributed by atoms with Crippen molar-refractivity contribution in [1.29, 1.82) is 0 Å². The molecule has 0 fully saturated rings. The Hall–Kier alpha value is -2.79. The third kappa shape index (κ3) is 2.88. The minimum absolute atomic E-state index is 0.0191. The largest absolute Gasteiger partial charge is 0.486 e. The van der Waals surface area contributed by atoms with Crippen LogP contribution in [0.3, 0.4) is 0 Å². The molecule has 3 aromatic rings. The van der Waals surface area contributed by atoms with Crippen LogP contribution in [0.1, 0.15) is 25.5 Å². The maximum atomic E-state index is 13.3. The summed E-state index contributed by atoms with van der Waals surface area (Å²) < 4.78 is 12.0. The zero-order chi connectivity index (χ0) is 19.1. The lowest BCUT2D eigenvalue weighted by Gasteiger charge is -2.27. The molecule has 4 rings (SSSR count). The van der Waals surface area contributed by atoms with Crippen molar-refractivity contribution < 1.29 is 13.9 Å². The maximum absolute atomic E-state index is 13.3. The summed E-state index contributed by atoms with van der Waals surface area (Å²) in [5.41, 5.74) is 2.15. The predicted octanol–water partition coefficient (Wildman–Crippen LogP) is 4.59. The van der Waals surface area contributed by atoms with Crippen LogP contribution in [0.5, 0.6) is 5.75 Å². The molecule has 2 aromatic carbocycles. The topological polar surface area (TPSA) is 59.8 Å². The van der Waals surface area contributed by atoms with Crippen molar-refractivity contribution in [2.45, 2.75) is 19.8 Å². The summed E-state index contributed by atoms with van der Waals surface area (Å²) >= 11 is 5.99. The lowest BCUT2D eigenvalue weighted by atomic mass is 9.96. The Morgan fingerprint density at radius 3 is 2.56 bits per heavy atom. The van der Waals surface area contributed by atoms with E-state index in [4.69, 9.17) is 20.8 Å². The van der Waals surface area contributed by atoms with Crippen molar-refractivity contribution in [2.75, 3.05) is 18.1 Å². The fourth-order valence-electron chi connectivity index (χ4n) is 3.38. The minimum Gasteiger partial charge on any atom is -0.486 e. The van der Waals surface area contributed by atoms with Gasteiger partial charge in [0.1, 0.15) is 12.4 Å². The highest BCUT2D eigenvalue weighted by Gasteiger charge is 2.26. The molecule has 0 bridgehead atoms. The second-order valence-corrected chi connectivity index (χ2v) is 7.21. The van der Waals surface area contributed by atoms with Gasteiger partial charge < -0.3 is 14.1 Å². The number of amides is 1. The third-order valence-electron chi connectivity index (χ3n) is 4.69. The van der Waals surface area contributed by atoms with Gasteiger partial charge in [-0.3, -0.25) is 9.59 Å². The normalized spacial score (nSPS) is 13.6. The zero-order valence-corrected chi connectivity index (χ0v) is 15.7. The minimum atomic E-state index is -0.128. The molecule has 1 aliphatic heterocycles. The highest BCUT2D eigenvalue weighted by molar-refractivity contribution is 6.30. The number of carbonyl (C=O) groups excluding carboxylic acids is 1. The Labute approximate surface area is 161 Å². The van der Waals surface area contributed by atoms with Crippen molar-refractivity contribution in [3.63, 3.8) is 0 Å². The second-order valence-electron chi connectivity index (χ2n) is 6.77. The lowest BCUT2D eigenvalue weighted by molar-refractivity contribution is -0.107. The van der Waals surface area contributed by atoms with Gasteiger partial charge >= 0.3 is 0 Å². The summed E-state index contributed by atoms with van der Waals surface area (Å²) in [7, 11) is 0. The van der Waals surface area contributed by atoms with Crippen LogP contribution in [0, 0.1) is 0 Å². The van der Waals surface area contributed by atoms with Crippen LogP contribution >= 0.6 is 11.6 Å². The van der Waals surface area contributed by atoms with Gasteiger partial charge in [-0.15, -0.1) is 0 Å². The first-order valence-electron chi connectivity index (χ1n) is 8.75.